The number of nitrogens with zero attached hydrogens (tertiary/aromatic N) is 3. The maximum absolute atomic E-state index is 11.1. The summed E-state index contributed by atoms with van der Waals surface area (Å²) in [5.41, 5.74) is 1.05. The van der Waals surface area contributed by atoms with E-state index in [1.165, 1.54) is 6.42 Å². The average molecular weight is 290 g/mol. The second kappa shape index (κ2) is 6.51. The number of hydrogen-bond acceptors (Lipinski definition) is 5. The molecule has 6 nitrogen and oxygen atoms in total. The maximum atomic E-state index is 11.1. The van der Waals surface area contributed by atoms with Gasteiger partial charge in [-0.25, -0.2) is 0 Å². The van der Waals surface area contributed by atoms with Gasteiger partial charge >= 0.3 is 0 Å². The van der Waals surface area contributed by atoms with Crippen LogP contribution in [0.3, 0.4) is 0 Å². The predicted octanol–water partition coefficient (Wildman–Crippen LogP) is 1.07. The van der Waals surface area contributed by atoms with E-state index in [-0.39, 0.29) is 10.6 Å². The van der Waals surface area contributed by atoms with Gasteiger partial charge in [0, 0.05) is 56.9 Å². The Kier molecular flexibility index (Phi) is 4.48. The molecule has 1 atom stereocenters. The van der Waals surface area contributed by atoms with Crippen molar-refractivity contribution in [1.82, 2.24) is 15.1 Å². The van der Waals surface area contributed by atoms with Crippen LogP contribution in [0.25, 0.3) is 0 Å². The van der Waals surface area contributed by atoms with Gasteiger partial charge in [0.1, 0.15) is 0 Å². The Balaban J connectivity index is 1.57. The minimum Gasteiger partial charge on any atom is -0.315 e. The number of piperazine rings is 1. The minimum absolute atomic E-state index is 0.236. The first-order chi connectivity index (χ1) is 10.2. The van der Waals surface area contributed by atoms with Crippen LogP contribution in [-0.2, 0) is 6.54 Å². The number of nitro benzene ring substituents is 1. The van der Waals surface area contributed by atoms with Crippen molar-refractivity contribution in [2.75, 3.05) is 39.3 Å². The van der Waals surface area contributed by atoms with Gasteiger partial charge in [0.15, 0.2) is 0 Å². The molecule has 1 N–H and O–H groups in total. The molecule has 21 heavy (non-hydrogen) atoms. The number of hydrogen-bond donors (Lipinski definition) is 1. The Morgan fingerprint density at radius 2 is 2.00 bits per heavy atom. The quantitative estimate of drug-likeness (QED) is 0.664. The fourth-order valence-electron chi connectivity index (χ4n) is 3.30. The van der Waals surface area contributed by atoms with E-state index in [1.807, 2.05) is 12.1 Å². The van der Waals surface area contributed by atoms with Gasteiger partial charge in [0.2, 0.25) is 0 Å². The zero-order valence-corrected chi connectivity index (χ0v) is 12.2. The molecular formula is C15H22N4O2. The zero-order valence-electron chi connectivity index (χ0n) is 12.2. The van der Waals surface area contributed by atoms with Crippen LogP contribution in [0.5, 0.6) is 0 Å². The van der Waals surface area contributed by atoms with Gasteiger partial charge in [-0.15, -0.1) is 0 Å². The Bertz CT molecular complexity index is 494. The van der Waals surface area contributed by atoms with Crippen LogP contribution in [0.2, 0.25) is 0 Å². The number of nitrogens with one attached hydrogen (secondary N) is 1. The summed E-state index contributed by atoms with van der Waals surface area (Å²) < 4.78 is 0. The van der Waals surface area contributed by atoms with Gasteiger partial charge in [-0.05, 0) is 13.0 Å². The third-order valence-electron chi connectivity index (χ3n) is 4.54. The summed E-state index contributed by atoms with van der Waals surface area (Å²) in [5, 5.41) is 14.5. The van der Waals surface area contributed by atoms with Crippen LogP contribution in [0, 0.1) is 10.1 Å². The third kappa shape index (κ3) is 3.40. The summed E-state index contributed by atoms with van der Waals surface area (Å²) in [5.74, 6) is 0. The van der Waals surface area contributed by atoms with E-state index in [4.69, 9.17) is 0 Å². The molecule has 6 heteroatoms. The van der Waals surface area contributed by atoms with Crippen molar-refractivity contribution in [1.29, 1.82) is 0 Å². The molecule has 114 valence electrons. The molecule has 2 aliphatic rings. The Morgan fingerprint density at radius 1 is 1.24 bits per heavy atom. The molecule has 0 amide bonds. The Morgan fingerprint density at radius 3 is 2.67 bits per heavy atom. The normalized spacial score (nSPS) is 24.3. The van der Waals surface area contributed by atoms with Crippen LogP contribution >= 0.6 is 0 Å². The molecule has 2 aliphatic heterocycles. The van der Waals surface area contributed by atoms with Gasteiger partial charge in [0.25, 0.3) is 5.69 Å². The third-order valence-corrected chi connectivity index (χ3v) is 4.54. The first-order valence-corrected chi connectivity index (χ1v) is 7.63. The fourth-order valence-corrected chi connectivity index (χ4v) is 3.30. The van der Waals surface area contributed by atoms with E-state index in [0.717, 1.165) is 44.8 Å². The van der Waals surface area contributed by atoms with E-state index < -0.39 is 0 Å². The molecular weight excluding hydrogens is 268 g/mol. The second-order valence-electron chi connectivity index (χ2n) is 5.84. The average Bonchev–Trinajstić information content (AvgIpc) is 3.03. The molecule has 1 aromatic rings. The van der Waals surface area contributed by atoms with Crippen LogP contribution in [0.15, 0.2) is 24.3 Å². The monoisotopic (exact) mass is 290 g/mol. The highest BCUT2D eigenvalue weighted by atomic mass is 16.6. The number of rotatable bonds is 4. The van der Waals surface area contributed by atoms with Gasteiger partial charge in [-0.3, -0.25) is 19.9 Å². The summed E-state index contributed by atoms with van der Waals surface area (Å²) in [4.78, 5) is 15.7. The van der Waals surface area contributed by atoms with Crippen molar-refractivity contribution in [2.45, 2.75) is 19.0 Å². The summed E-state index contributed by atoms with van der Waals surface area (Å²) in [6.45, 7) is 7.00. The highest BCUT2D eigenvalue weighted by molar-refractivity contribution is 5.39. The number of nitro groups is 1. The van der Waals surface area contributed by atoms with Crippen LogP contribution in [0.4, 0.5) is 5.69 Å². The highest BCUT2D eigenvalue weighted by Gasteiger charge is 2.26. The minimum atomic E-state index is -0.282. The molecule has 1 unspecified atom stereocenters. The van der Waals surface area contributed by atoms with E-state index in [2.05, 4.69) is 15.1 Å². The molecule has 0 bridgehead atoms. The molecule has 2 saturated heterocycles. The standard InChI is InChI=1S/C15H22N4O2/c20-19(21)15-4-2-1-3-13(15)12-17-7-9-18(10-8-17)14-5-6-16-11-14/h1-4,14,16H,5-12H2. The van der Waals surface area contributed by atoms with Gasteiger partial charge < -0.3 is 5.32 Å². The molecule has 2 heterocycles. The Labute approximate surface area is 124 Å². The van der Waals surface area contributed by atoms with Crippen molar-refractivity contribution in [3.8, 4) is 0 Å². The van der Waals surface area contributed by atoms with Crippen molar-refractivity contribution in [3.05, 3.63) is 39.9 Å². The van der Waals surface area contributed by atoms with Crippen LogP contribution in [0.1, 0.15) is 12.0 Å². The van der Waals surface area contributed by atoms with E-state index in [1.54, 1.807) is 12.1 Å². The number of para-hydroxylation sites is 1. The highest BCUT2D eigenvalue weighted by Crippen LogP contribution is 2.21. The summed E-state index contributed by atoms with van der Waals surface area (Å²) in [7, 11) is 0. The van der Waals surface area contributed by atoms with Crippen LogP contribution in [-0.4, -0.2) is 60.0 Å². The maximum Gasteiger partial charge on any atom is 0.273 e. The first kappa shape index (κ1) is 14.4. The molecule has 0 aliphatic carbocycles. The lowest BCUT2D eigenvalue weighted by atomic mass is 10.1. The number of benzene rings is 1. The molecule has 1 aromatic carbocycles. The molecule has 3 rings (SSSR count). The fraction of sp³-hybridized carbons (Fsp3) is 0.600. The van der Waals surface area contributed by atoms with Gasteiger partial charge in [-0.1, -0.05) is 18.2 Å². The molecule has 2 fully saturated rings. The second-order valence-corrected chi connectivity index (χ2v) is 5.84. The zero-order chi connectivity index (χ0) is 14.7. The van der Waals surface area contributed by atoms with Crippen molar-refractivity contribution < 1.29 is 4.92 Å². The van der Waals surface area contributed by atoms with Gasteiger partial charge in [0.05, 0.1) is 4.92 Å². The largest absolute Gasteiger partial charge is 0.315 e. The summed E-state index contributed by atoms with van der Waals surface area (Å²) in [6.07, 6.45) is 1.24. The summed E-state index contributed by atoms with van der Waals surface area (Å²) >= 11 is 0. The lowest BCUT2D eigenvalue weighted by molar-refractivity contribution is -0.385. The molecule has 0 saturated carbocycles. The van der Waals surface area contributed by atoms with Crippen molar-refractivity contribution in [3.63, 3.8) is 0 Å². The van der Waals surface area contributed by atoms with E-state index in [9.17, 15) is 10.1 Å². The lowest BCUT2D eigenvalue weighted by Gasteiger charge is -2.37. The Hall–Kier alpha value is -1.50. The summed E-state index contributed by atoms with van der Waals surface area (Å²) in [6, 6.07) is 7.74. The van der Waals surface area contributed by atoms with Crippen molar-refractivity contribution in [2.24, 2.45) is 0 Å². The van der Waals surface area contributed by atoms with Crippen LogP contribution < -0.4 is 5.32 Å². The topological polar surface area (TPSA) is 61.7 Å². The SMILES string of the molecule is O=[N+]([O-])c1ccccc1CN1CCN(C2CCNC2)CC1. The first-order valence-electron chi connectivity index (χ1n) is 7.63. The predicted molar refractivity (Wildman–Crippen MR) is 81.2 cm³/mol. The smallest absolute Gasteiger partial charge is 0.273 e. The van der Waals surface area contributed by atoms with Crippen molar-refractivity contribution >= 4 is 5.69 Å². The molecule has 0 aromatic heterocycles. The molecule has 0 radical (unpaired) electrons. The van der Waals surface area contributed by atoms with Gasteiger partial charge in [-0.2, -0.15) is 0 Å². The van der Waals surface area contributed by atoms with E-state index >= 15 is 0 Å². The lowest BCUT2D eigenvalue weighted by Crippen LogP contribution is -2.50. The molecule has 0 spiro atoms. The van der Waals surface area contributed by atoms with E-state index in [0.29, 0.717) is 12.6 Å².